The molecule has 0 N–H and O–H groups in total. The van der Waals surface area contributed by atoms with Gasteiger partial charge in [0.15, 0.2) is 11.5 Å². The zero-order valence-electron chi connectivity index (χ0n) is 13.2. The highest BCUT2D eigenvalue weighted by atomic mass is 16.6. The van der Waals surface area contributed by atoms with Gasteiger partial charge in [0.25, 0.3) is 0 Å². The average molecular weight is 322 g/mol. The Labute approximate surface area is 141 Å². The molecular formula is C20H18O4. The maximum absolute atomic E-state index is 11.7. The van der Waals surface area contributed by atoms with Crippen molar-refractivity contribution in [1.29, 1.82) is 0 Å². The van der Waals surface area contributed by atoms with Crippen LogP contribution in [0.5, 0.6) is 11.5 Å². The van der Waals surface area contributed by atoms with Gasteiger partial charge in [-0.25, -0.2) is 4.79 Å². The molecule has 0 saturated heterocycles. The molecule has 2 aromatic carbocycles. The van der Waals surface area contributed by atoms with Crippen molar-refractivity contribution < 1.29 is 19.0 Å². The van der Waals surface area contributed by atoms with E-state index in [2.05, 4.69) is 0 Å². The molecule has 3 rings (SSSR count). The van der Waals surface area contributed by atoms with Crippen LogP contribution >= 0.6 is 0 Å². The van der Waals surface area contributed by atoms with Gasteiger partial charge in [-0.15, -0.1) is 0 Å². The number of rotatable bonds is 5. The second-order valence-electron chi connectivity index (χ2n) is 5.18. The van der Waals surface area contributed by atoms with E-state index in [1.165, 1.54) is 6.08 Å². The Bertz CT molecular complexity index is 747. The first-order valence-electron chi connectivity index (χ1n) is 7.77. The molecule has 0 atom stereocenters. The number of hydrogen-bond acceptors (Lipinski definition) is 4. The van der Waals surface area contributed by atoms with Gasteiger partial charge in [-0.1, -0.05) is 42.5 Å². The Morgan fingerprint density at radius 2 is 1.75 bits per heavy atom. The minimum absolute atomic E-state index is 0.235. The molecule has 0 spiro atoms. The van der Waals surface area contributed by atoms with E-state index in [0.29, 0.717) is 19.0 Å². The molecule has 4 heteroatoms. The van der Waals surface area contributed by atoms with Crippen molar-refractivity contribution in [3.8, 4) is 11.5 Å². The topological polar surface area (TPSA) is 44.8 Å². The van der Waals surface area contributed by atoms with E-state index in [4.69, 9.17) is 14.2 Å². The van der Waals surface area contributed by atoms with Crippen molar-refractivity contribution in [2.24, 2.45) is 0 Å². The van der Waals surface area contributed by atoms with Crippen LogP contribution in [0.15, 0.2) is 60.7 Å². The summed E-state index contributed by atoms with van der Waals surface area (Å²) in [4.78, 5) is 11.7. The summed E-state index contributed by atoms with van der Waals surface area (Å²) in [5.41, 5.74) is 1.93. The summed E-state index contributed by atoms with van der Waals surface area (Å²) < 4.78 is 16.1. The fourth-order valence-corrected chi connectivity index (χ4v) is 2.25. The molecule has 122 valence electrons. The molecule has 4 nitrogen and oxygen atoms in total. The normalized spacial score (nSPS) is 13.3. The van der Waals surface area contributed by atoms with Gasteiger partial charge >= 0.3 is 5.97 Å². The van der Waals surface area contributed by atoms with Gasteiger partial charge in [-0.05, 0) is 35.4 Å². The van der Waals surface area contributed by atoms with E-state index in [-0.39, 0.29) is 12.6 Å². The first kappa shape index (κ1) is 15.9. The van der Waals surface area contributed by atoms with E-state index in [9.17, 15) is 4.79 Å². The highest BCUT2D eigenvalue weighted by molar-refractivity contribution is 5.87. The van der Waals surface area contributed by atoms with Crippen LogP contribution in [0.1, 0.15) is 11.1 Å². The van der Waals surface area contributed by atoms with Crippen LogP contribution in [0, 0.1) is 0 Å². The van der Waals surface area contributed by atoms with Crippen LogP contribution in [0.4, 0.5) is 0 Å². The zero-order chi connectivity index (χ0) is 16.6. The summed E-state index contributed by atoms with van der Waals surface area (Å²) in [6.45, 7) is 1.33. The Kier molecular flexibility index (Phi) is 5.30. The largest absolute Gasteiger partial charge is 0.486 e. The first-order valence-corrected chi connectivity index (χ1v) is 7.77. The molecule has 1 heterocycles. The van der Waals surface area contributed by atoms with Crippen LogP contribution in [0.3, 0.4) is 0 Å². The predicted molar refractivity (Wildman–Crippen MR) is 92.9 cm³/mol. The third-order valence-corrected chi connectivity index (χ3v) is 3.41. The number of hydrogen-bond donors (Lipinski definition) is 0. The lowest BCUT2D eigenvalue weighted by Gasteiger charge is -2.18. The SMILES string of the molecule is O=C(/C=C\c1ccc2c(c1)OCCO2)OC/C=C/c1ccccc1. The summed E-state index contributed by atoms with van der Waals surface area (Å²) in [5.74, 6) is 1.04. The van der Waals surface area contributed by atoms with Crippen molar-refractivity contribution in [3.63, 3.8) is 0 Å². The molecule has 0 amide bonds. The second-order valence-corrected chi connectivity index (χ2v) is 5.18. The van der Waals surface area contributed by atoms with Gasteiger partial charge < -0.3 is 14.2 Å². The van der Waals surface area contributed by atoms with Crippen molar-refractivity contribution in [3.05, 3.63) is 71.8 Å². The third kappa shape index (κ3) is 4.49. The van der Waals surface area contributed by atoms with Crippen LogP contribution in [-0.4, -0.2) is 25.8 Å². The molecule has 0 unspecified atom stereocenters. The highest BCUT2D eigenvalue weighted by Gasteiger charge is 2.10. The molecular weight excluding hydrogens is 304 g/mol. The lowest BCUT2D eigenvalue weighted by atomic mass is 10.2. The number of fused-ring (bicyclic) bond motifs is 1. The van der Waals surface area contributed by atoms with Crippen LogP contribution in [0.2, 0.25) is 0 Å². The van der Waals surface area contributed by atoms with E-state index < -0.39 is 0 Å². The van der Waals surface area contributed by atoms with Gasteiger partial charge in [0.05, 0.1) is 0 Å². The minimum Gasteiger partial charge on any atom is -0.486 e. The van der Waals surface area contributed by atoms with E-state index in [0.717, 1.165) is 16.9 Å². The highest BCUT2D eigenvalue weighted by Crippen LogP contribution is 2.31. The predicted octanol–water partition coefficient (Wildman–Crippen LogP) is 3.73. The Morgan fingerprint density at radius 3 is 2.58 bits per heavy atom. The zero-order valence-corrected chi connectivity index (χ0v) is 13.2. The van der Waals surface area contributed by atoms with Gasteiger partial charge in [0.1, 0.15) is 19.8 Å². The maximum Gasteiger partial charge on any atom is 0.331 e. The number of ether oxygens (including phenoxy) is 3. The van der Waals surface area contributed by atoms with Crippen molar-refractivity contribution in [2.75, 3.05) is 19.8 Å². The number of carbonyl (C=O) groups excluding carboxylic acids is 1. The molecule has 0 saturated carbocycles. The molecule has 0 radical (unpaired) electrons. The van der Waals surface area contributed by atoms with Gasteiger partial charge in [0.2, 0.25) is 0 Å². The van der Waals surface area contributed by atoms with Crippen LogP contribution in [-0.2, 0) is 9.53 Å². The van der Waals surface area contributed by atoms with E-state index in [1.807, 2.05) is 60.7 Å². The molecule has 24 heavy (non-hydrogen) atoms. The summed E-state index contributed by atoms with van der Waals surface area (Å²) in [7, 11) is 0. The van der Waals surface area contributed by atoms with Crippen molar-refractivity contribution in [1.82, 2.24) is 0 Å². The number of esters is 1. The summed E-state index contributed by atoms with van der Waals surface area (Å²) >= 11 is 0. The van der Waals surface area contributed by atoms with E-state index >= 15 is 0 Å². The maximum atomic E-state index is 11.7. The molecule has 1 aliphatic rings. The molecule has 0 aliphatic carbocycles. The van der Waals surface area contributed by atoms with Gasteiger partial charge in [-0.2, -0.15) is 0 Å². The minimum atomic E-state index is -0.386. The quantitative estimate of drug-likeness (QED) is 0.621. The molecule has 1 aliphatic heterocycles. The fraction of sp³-hybridized carbons (Fsp3) is 0.150. The van der Waals surface area contributed by atoms with Crippen molar-refractivity contribution >= 4 is 18.1 Å². The standard InChI is InChI=1S/C20H18O4/c21-20(24-12-4-7-16-5-2-1-3-6-16)11-9-17-8-10-18-19(15-17)23-14-13-22-18/h1-11,15H,12-14H2/b7-4+,11-9-. The summed E-state index contributed by atoms with van der Waals surface area (Å²) in [6.07, 6.45) is 6.83. The number of benzene rings is 2. The second kappa shape index (κ2) is 8.02. The smallest absolute Gasteiger partial charge is 0.331 e. The molecule has 0 fully saturated rings. The summed E-state index contributed by atoms with van der Waals surface area (Å²) in [5, 5.41) is 0. The Hall–Kier alpha value is -3.01. The molecule has 2 aromatic rings. The van der Waals surface area contributed by atoms with Gasteiger partial charge in [0, 0.05) is 6.08 Å². The van der Waals surface area contributed by atoms with Crippen molar-refractivity contribution in [2.45, 2.75) is 0 Å². The van der Waals surface area contributed by atoms with Crippen LogP contribution < -0.4 is 9.47 Å². The van der Waals surface area contributed by atoms with Crippen LogP contribution in [0.25, 0.3) is 12.2 Å². The van der Waals surface area contributed by atoms with E-state index in [1.54, 1.807) is 6.08 Å². The molecule has 0 aromatic heterocycles. The lowest BCUT2D eigenvalue weighted by molar-refractivity contribution is -0.136. The Balaban J connectivity index is 1.49. The first-order chi connectivity index (χ1) is 11.8. The third-order valence-electron chi connectivity index (χ3n) is 3.41. The average Bonchev–Trinajstić information content (AvgIpc) is 2.64. The molecule has 0 bridgehead atoms. The fourth-order valence-electron chi connectivity index (χ4n) is 2.25. The summed E-state index contributed by atoms with van der Waals surface area (Å²) in [6, 6.07) is 15.4. The number of carbonyl (C=O) groups is 1. The monoisotopic (exact) mass is 322 g/mol. The Morgan fingerprint density at radius 1 is 0.958 bits per heavy atom. The lowest BCUT2D eigenvalue weighted by Crippen LogP contribution is -2.15. The van der Waals surface area contributed by atoms with Gasteiger partial charge in [-0.3, -0.25) is 0 Å².